The number of fused-ring (bicyclic) bond motifs is 1. The molecule has 0 aliphatic heterocycles. The van der Waals surface area contributed by atoms with Crippen LogP contribution in [0, 0.1) is 5.82 Å². The number of benzene rings is 2. The van der Waals surface area contributed by atoms with E-state index in [0.29, 0.717) is 28.4 Å². The van der Waals surface area contributed by atoms with Gasteiger partial charge < -0.3 is 10.4 Å². The van der Waals surface area contributed by atoms with E-state index >= 15 is 0 Å². The summed E-state index contributed by atoms with van der Waals surface area (Å²) in [7, 11) is 0. The van der Waals surface area contributed by atoms with Gasteiger partial charge in [0.05, 0.1) is 11.6 Å². The van der Waals surface area contributed by atoms with Gasteiger partial charge >= 0.3 is 6.18 Å². The molecule has 152 valence electrons. The smallest absolute Gasteiger partial charge is 0.419 e. The monoisotopic (exact) mass is 413 g/mol. The lowest BCUT2D eigenvalue weighted by Crippen LogP contribution is -2.15. The van der Waals surface area contributed by atoms with E-state index in [1.54, 1.807) is 42.5 Å². The number of aromatic hydroxyl groups is 1. The number of alkyl halides is 3. The highest BCUT2D eigenvalue weighted by Crippen LogP contribution is 2.38. The number of phenols is 1. The van der Waals surface area contributed by atoms with Gasteiger partial charge in [-0.3, -0.25) is 4.98 Å². The molecule has 4 rings (SSSR count). The molecule has 0 spiro atoms. The van der Waals surface area contributed by atoms with Crippen LogP contribution in [0.4, 0.5) is 23.4 Å². The zero-order chi connectivity index (χ0) is 21.3. The molecule has 30 heavy (non-hydrogen) atoms. The number of hydrogen-bond donors (Lipinski definition) is 2. The number of halogens is 4. The minimum absolute atomic E-state index is 0.151. The van der Waals surface area contributed by atoms with Crippen LogP contribution in [0.3, 0.4) is 0 Å². The fourth-order valence-corrected chi connectivity index (χ4v) is 3.26. The lowest BCUT2D eigenvalue weighted by molar-refractivity contribution is -0.140. The molecular formula is C22H15F4N3O. The number of pyridine rings is 2. The van der Waals surface area contributed by atoms with Crippen molar-refractivity contribution in [2.24, 2.45) is 0 Å². The third kappa shape index (κ3) is 3.76. The lowest BCUT2D eigenvalue weighted by atomic mass is 9.95. The Balaban J connectivity index is 1.86. The summed E-state index contributed by atoms with van der Waals surface area (Å²) in [5.41, 5.74) is -0.509. The molecule has 4 aromatic rings. The molecule has 1 atom stereocenters. The summed E-state index contributed by atoms with van der Waals surface area (Å²) in [5.74, 6) is -1.14. The van der Waals surface area contributed by atoms with Gasteiger partial charge in [-0.2, -0.15) is 13.2 Å². The van der Waals surface area contributed by atoms with Gasteiger partial charge in [0.25, 0.3) is 0 Å². The van der Waals surface area contributed by atoms with E-state index < -0.39 is 23.6 Å². The summed E-state index contributed by atoms with van der Waals surface area (Å²) < 4.78 is 53.2. The first kappa shape index (κ1) is 19.6. The van der Waals surface area contributed by atoms with Crippen molar-refractivity contribution < 1.29 is 22.7 Å². The Labute approximate surface area is 168 Å². The predicted molar refractivity (Wildman–Crippen MR) is 105 cm³/mol. The lowest BCUT2D eigenvalue weighted by Gasteiger charge is -2.22. The van der Waals surface area contributed by atoms with Gasteiger partial charge in [-0.1, -0.05) is 30.3 Å². The maximum absolute atomic E-state index is 14.3. The minimum Gasteiger partial charge on any atom is -0.505 e. The van der Waals surface area contributed by atoms with Gasteiger partial charge in [0.1, 0.15) is 22.9 Å². The summed E-state index contributed by atoms with van der Waals surface area (Å²) >= 11 is 0. The number of rotatable bonds is 4. The maximum Gasteiger partial charge on any atom is 0.419 e. The Morgan fingerprint density at radius 1 is 0.900 bits per heavy atom. The number of anilines is 1. The molecule has 1 unspecified atom stereocenters. The Bertz CT molecular complexity index is 1200. The summed E-state index contributed by atoms with van der Waals surface area (Å²) in [6.45, 7) is 0. The van der Waals surface area contributed by atoms with Crippen molar-refractivity contribution in [2.45, 2.75) is 12.2 Å². The van der Waals surface area contributed by atoms with Crippen LogP contribution in [-0.4, -0.2) is 15.1 Å². The van der Waals surface area contributed by atoms with Crippen LogP contribution >= 0.6 is 0 Å². The van der Waals surface area contributed by atoms with E-state index in [-0.39, 0.29) is 11.3 Å². The molecule has 2 heterocycles. The van der Waals surface area contributed by atoms with Crippen molar-refractivity contribution >= 4 is 16.7 Å². The molecule has 0 aliphatic rings. The Kier molecular flexibility index (Phi) is 4.99. The van der Waals surface area contributed by atoms with Crippen molar-refractivity contribution in [1.29, 1.82) is 0 Å². The minimum atomic E-state index is -4.80. The van der Waals surface area contributed by atoms with Crippen molar-refractivity contribution in [2.75, 3.05) is 5.32 Å². The van der Waals surface area contributed by atoms with Crippen LogP contribution in [0.15, 0.2) is 73.1 Å². The first-order chi connectivity index (χ1) is 14.3. The summed E-state index contributed by atoms with van der Waals surface area (Å²) in [6.07, 6.45) is -1.75. The van der Waals surface area contributed by atoms with Gasteiger partial charge in [0.15, 0.2) is 0 Å². The quantitative estimate of drug-likeness (QED) is 0.422. The highest BCUT2D eigenvalue weighted by Gasteiger charge is 2.34. The van der Waals surface area contributed by atoms with E-state index in [9.17, 15) is 22.7 Å². The van der Waals surface area contributed by atoms with Crippen molar-refractivity contribution in [3.63, 3.8) is 0 Å². The van der Waals surface area contributed by atoms with E-state index in [4.69, 9.17) is 0 Å². The summed E-state index contributed by atoms with van der Waals surface area (Å²) in [5, 5.41) is 14.6. The fourth-order valence-electron chi connectivity index (χ4n) is 3.26. The second-order valence-electron chi connectivity index (χ2n) is 6.61. The second-order valence-corrected chi connectivity index (χ2v) is 6.61. The molecule has 2 aromatic carbocycles. The van der Waals surface area contributed by atoms with Crippen LogP contribution in [0.1, 0.15) is 22.7 Å². The molecular weight excluding hydrogens is 398 g/mol. The number of nitrogens with zero attached hydrogens (tertiary/aromatic N) is 2. The van der Waals surface area contributed by atoms with E-state index in [1.807, 2.05) is 0 Å². The topological polar surface area (TPSA) is 58.0 Å². The second kappa shape index (κ2) is 7.62. The highest BCUT2D eigenvalue weighted by atomic mass is 19.4. The molecule has 0 aliphatic carbocycles. The zero-order valence-corrected chi connectivity index (χ0v) is 15.4. The Morgan fingerprint density at radius 2 is 1.70 bits per heavy atom. The van der Waals surface area contributed by atoms with Crippen molar-refractivity contribution in [3.8, 4) is 5.75 Å². The molecule has 0 fully saturated rings. The molecule has 0 bridgehead atoms. The number of phenolic OH excluding ortho intramolecular Hbond substituents is 1. The predicted octanol–water partition coefficient (Wildman–Crippen LogP) is 5.69. The van der Waals surface area contributed by atoms with Gasteiger partial charge in [-0.25, -0.2) is 9.37 Å². The first-order valence-electron chi connectivity index (χ1n) is 8.95. The van der Waals surface area contributed by atoms with Crippen molar-refractivity contribution in [1.82, 2.24) is 9.97 Å². The first-order valence-corrected chi connectivity index (χ1v) is 8.95. The standard InChI is InChI=1S/C22H15F4N3O/c23-17-12-14(7-9-16(17)22(24,25)26)19(29-18-5-1-2-10-27-18)15-8-6-13-4-3-11-28-20(13)21(15)30/h1-12,19,30H,(H,27,29). The van der Waals surface area contributed by atoms with Gasteiger partial charge in [0.2, 0.25) is 0 Å². The highest BCUT2D eigenvalue weighted by molar-refractivity contribution is 5.86. The average Bonchev–Trinajstić information content (AvgIpc) is 2.73. The normalized spacial score (nSPS) is 12.7. The molecule has 0 radical (unpaired) electrons. The van der Waals surface area contributed by atoms with Crippen molar-refractivity contribution in [3.05, 3.63) is 95.6 Å². The SMILES string of the molecule is Oc1c(C(Nc2ccccn2)c2ccc(C(F)(F)F)c(F)c2)ccc2cccnc12. The Morgan fingerprint density at radius 3 is 2.40 bits per heavy atom. The van der Waals surface area contributed by atoms with E-state index in [1.165, 1.54) is 18.5 Å². The molecule has 0 saturated carbocycles. The zero-order valence-electron chi connectivity index (χ0n) is 15.4. The van der Waals surface area contributed by atoms with Gasteiger partial charge in [-0.15, -0.1) is 0 Å². The van der Waals surface area contributed by atoms with Crippen LogP contribution in [0.2, 0.25) is 0 Å². The molecule has 8 heteroatoms. The van der Waals surface area contributed by atoms with Gasteiger partial charge in [-0.05, 0) is 35.9 Å². The number of hydrogen-bond acceptors (Lipinski definition) is 4. The summed E-state index contributed by atoms with van der Waals surface area (Å²) in [4.78, 5) is 8.33. The molecule has 4 nitrogen and oxygen atoms in total. The van der Waals surface area contributed by atoms with Crippen LogP contribution in [0.25, 0.3) is 10.9 Å². The van der Waals surface area contributed by atoms with Crippen LogP contribution in [-0.2, 0) is 6.18 Å². The summed E-state index contributed by atoms with van der Waals surface area (Å²) in [6, 6.07) is 13.7. The largest absolute Gasteiger partial charge is 0.505 e. The fraction of sp³-hybridized carbons (Fsp3) is 0.0909. The third-order valence-electron chi connectivity index (χ3n) is 4.68. The third-order valence-corrected chi connectivity index (χ3v) is 4.68. The van der Waals surface area contributed by atoms with Crippen LogP contribution in [0.5, 0.6) is 5.75 Å². The molecule has 2 aromatic heterocycles. The molecule has 2 N–H and O–H groups in total. The van der Waals surface area contributed by atoms with E-state index in [0.717, 1.165) is 6.07 Å². The van der Waals surface area contributed by atoms with Crippen LogP contribution < -0.4 is 5.32 Å². The van der Waals surface area contributed by atoms with Gasteiger partial charge in [0, 0.05) is 23.3 Å². The average molecular weight is 413 g/mol. The number of aromatic nitrogens is 2. The Hall–Kier alpha value is -3.68. The van der Waals surface area contributed by atoms with E-state index in [2.05, 4.69) is 15.3 Å². The molecule has 0 saturated heterocycles. The molecule has 0 amide bonds. The maximum atomic E-state index is 14.3. The number of nitrogens with one attached hydrogen (secondary N) is 1.